The van der Waals surface area contributed by atoms with E-state index in [2.05, 4.69) is 0 Å². The zero-order valence-electron chi connectivity index (χ0n) is 18.9. The second-order valence-corrected chi connectivity index (χ2v) is 8.64. The number of alkyl halides is 3. The number of halogens is 3. The number of piperidine rings is 1. The standard InChI is InChI=1S/C22H31F3N2O4/c1-7-27(16-8-10-26(11-9-16)20(29)31-21(3,4)5)18-13-15(22(23,24)25)12-17(14(18)2)19(28)30-6/h12-13,16H,7-11H2,1-6H3. The Morgan fingerprint density at radius 1 is 1.16 bits per heavy atom. The van der Waals surface area contributed by atoms with E-state index in [0.29, 0.717) is 43.7 Å². The van der Waals surface area contributed by atoms with Gasteiger partial charge in [-0.2, -0.15) is 13.2 Å². The normalized spacial score (nSPS) is 15.6. The van der Waals surface area contributed by atoms with Crippen molar-refractivity contribution < 1.29 is 32.2 Å². The fraction of sp³-hybridized carbons (Fsp3) is 0.636. The van der Waals surface area contributed by atoms with Crippen molar-refractivity contribution in [2.45, 2.75) is 65.3 Å². The van der Waals surface area contributed by atoms with Gasteiger partial charge in [-0.05, 0) is 65.2 Å². The predicted octanol–water partition coefficient (Wildman–Crippen LogP) is 5.03. The molecule has 1 fully saturated rings. The van der Waals surface area contributed by atoms with Crippen molar-refractivity contribution in [3.05, 3.63) is 28.8 Å². The summed E-state index contributed by atoms with van der Waals surface area (Å²) in [6.45, 7) is 10.2. The van der Waals surface area contributed by atoms with E-state index < -0.39 is 29.4 Å². The van der Waals surface area contributed by atoms with E-state index in [4.69, 9.17) is 9.47 Å². The number of benzene rings is 1. The number of likely N-dealkylation sites (tertiary alicyclic amines) is 1. The third-order valence-electron chi connectivity index (χ3n) is 5.32. The van der Waals surface area contributed by atoms with Gasteiger partial charge in [-0.1, -0.05) is 0 Å². The fourth-order valence-electron chi connectivity index (χ4n) is 3.79. The zero-order valence-corrected chi connectivity index (χ0v) is 18.9. The number of amides is 1. The van der Waals surface area contributed by atoms with Crippen LogP contribution in [0.4, 0.5) is 23.7 Å². The molecule has 1 aromatic rings. The van der Waals surface area contributed by atoms with Crippen LogP contribution in [-0.4, -0.2) is 55.3 Å². The van der Waals surface area contributed by atoms with Crippen LogP contribution in [0, 0.1) is 6.92 Å². The molecule has 1 heterocycles. The average Bonchev–Trinajstić information content (AvgIpc) is 2.67. The second kappa shape index (κ2) is 9.36. The Labute approximate surface area is 181 Å². The van der Waals surface area contributed by atoms with Gasteiger partial charge in [-0.15, -0.1) is 0 Å². The molecule has 0 aliphatic carbocycles. The third kappa shape index (κ3) is 6.04. The SMILES string of the molecule is CCN(c1cc(C(F)(F)F)cc(C(=O)OC)c1C)C1CCN(C(=O)OC(C)(C)C)CC1. The highest BCUT2D eigenvalue weighted by Gasteiger charge is 2.35. The first-order chi connectivity index (χ1) is 14.3. The number of carbonyl (C=O) groups is 2. The van der Waals surface area contributed by atoms with E-state index in [1.807, 2.05) is 11.8 Å². The van der Waals surface area contributed by atoms with Crippen LogP contribution in [0.3, 0.4) is 0 Å². The molecule has 0 atom stereocenters. The van der Waals surface area contributed by atoms with Crippen LogP contribution in [0.15, 0.2) is 12.1 Å². The van der Waals surface area contributed by atoms with Crippen LogP contribution in [-0.2, 0) is 15.7 Å². The summed E-state index contributed by atoms with van der Waals surface area (Å²) in [6.07, 6.45) is -3.82. The summed E-state index contributed by atoms with van der Waals surface area (Å²) in [6, 6.07) is 1.85. The lowest BCUT2D eigenvalue weighted by Crippen LogP contribution is -2.48. The van der Waals surface area contributed by atoms with Gasteiger partial charge in [-0.25, -0.2) is 9.59 Å². The number of methoxy groups -OCH3 is 1. The van der Waals surface area contributed by atoms with E-state index in [9.17, 15) is 22.8 Å². The molecule has 31 heavy (non-hydrogen) atoms. The van der Waals surface area contributed by atoms with Crippen molar-refractivity contribution in [3.8, 4) is 0 Å². The minimum atomic E-state index is -4.59. The van der Waals surface area contributed by atoms with Crippen molar-refractivity contribution in [2.24, 2.45) is 0 Å². The highest BCUT2D eigenvalue weighted by molar-refractivity contribution is 5.93. The summed E-state index contributed by atoms with van der Waals surface area (Å²) in [7, 11) is 1.14. The molecule has 0 unspecified atom stereocenters. The minimum Gasteiger partial charge on any atom is -0.465 e. The van der Waals surface area contributed by atoms with E-state index in [1.54, 1.807) is 32.6 Å². The van der Waals surface area contributed by atoms with Gasteiger partial charge in [0.05, 0.1) is 18.2 Å². The number of anilines is 1. The molecule has 9 heteroatoms. The predicted molar refractivity (Wildman–Crippen MR) is 111 cm³/mol. The van der Waals surface area contributed by atoms with Crippen LogP contribution >= 0.6 is 0 Å². The summed E-state index contributed by atoms with van der Waals surface area (Å²) >= 11 is 0. The quantitative estimate of drug-likeness (QED) is 0.610. The first kappa shape index (κ1) is 24.8. The Morgan fingerprint density at radius 3 is 2.19 bits per heavy atom. The molecule has 1 aromatic carbocycles. The van der Waals surface area contributed by atoms with Crippen molar-refractivity contribution in [2.75, 3.05) is 31.6 Å². The Bertz CT molecular complexity index is 810. The smallest absolute Gasteiger partial charge is 0.416 e. The molecule has 0 aromatic heterocycles. The number of ether oxygens (including phenoxy) is 2. The largest absolute Gasteiger partial charge is 0.465 e. The van der Waals surface area contributed by atoms with Gasteiger partial charge in [0.15, 0.2) is 0 Å². The molecule has 0 saturated carbocycles. The molecule has 6 nitrogen and oxygen atoms in total. The molecule has 174 valence electrons. The maximum absolute atomic E-state index is 13.5. The van der Waals surface area contributed by atoms with Gasteiger partial charge in [0.1, 0.15) is 5.60 Å². The molecule has 1 aliphatic rings. The van der Waals surface area contributed by atoms with Gasteiger partial charge in [0, 0.05) is 31.4 Å². The monoisotopic (exact) mass is 444 g/mol. The third-order valence-corrected chi connectivity index (χ3v) is 5.32. The Balaban J connectivity index is 2.30. The molecule has 2 rings (SSSR count). The van der Waals surface area contributed by atoms with Gasteiger partial charge in [-0.3, -0.25) is 0 Å². The van der Waals surface area contributed by atoms with E-state index in [1.165, 1.54) is 0 Å². The second-order valence-electron chi connectivity index (χ2n) is 8.64. The van der Waals surface area contributed by atoms with Crippen molar-refractivity contribution >= 4 is 17.7 Å². The lowest BCUT2D eigenvalue weighted by atomic mass is 9.97. The van der Waals surface area contributed by atoms with Crippen LogP contribution < -0.4 is 4.90 Å². The topological polar surface area (TPSA) is 59.1 Å². The summed E-state index contributed by atoms with van der Waals surface area (Å²) < 4.78 is 50.6. The van der Waals surface area contributed by atoms with Crippen LogP contribution in [0.25, 0.3) is 0 Å². The maximum Gasteiger partial charge on any atom is 0.416 e. The highest BCUT2D eigenvalue weighted by Crippen LogP contribution is 2.37. The lowest BCUT2D eigenvalue weighted by Gasteiger charge is -2.40. The van der Waals surface area contributed by atoms with Crippen molar-refractivity contribution in [1.82, 2.24) is 4.90 Å². The van der Waals surface area contributed by atoms with Crippen LogP contribution in [0.5, 0.6) is 0 Å². The summed E-state index contributed by atoms with van der Waals surface area (Å²) in [5, 5.41) is 0. The molecule has 0 radical (unpaired) electrons. The number of esters is 1. The summed E-state index contributed by atoms with van der Waals surface area (Å²) in [4.78, 5) is 27.9. The van der Waals surface area contributed by atoms with Gasteiger partial charge in [0.25, 0.3) is 0 Å². The number of rotatable bonds is 4. The Hall–Kier alpha value is -2.45. The first-order valence-electron chi connectivity index (χ1n) is 10.3. The molecular weight excluding hydrogens is 413 g/mol. The Morgan fingerprint density at radius 2 is 1.74 bits per heavy atom. The molecule has 1 saturated heterocycles. The average molecular weight is 444 g/mol. The molecule has 0 bridgehead atoms. The zero-order chi connectivity index (χ0) is 23.6. The van der Waals surface area contributed by atoms with E-state index in [0.717, 1.165) is 19.2 Å². The minimum absolute atomic E-state index is 0.0728. The van der Waals surface area contributed by atoms with Crippen molar-refractivity contribution in [1.29, 1.82) is 0 Å². The van der Waals surface area contributed by atoms with Crippen LogP contribution in [0.1, 0.15) is 62.0 Å². The van der Waals surface area contributed by atoms with E-state index >= 15 is 0 Å². The maximum atomic E-state index is 13.5. The molecule has 0 N–H and O–H groups in total. The number of carbonyl (C=O) groups excluding carboxylic acids is 2. The summed E-state index contributed by atoms with van der Waals surface area (Å²) in [5.74, 6) is -0.805. The van der Waals surface area contributed by atoms with E-state index in [-0.39, 0.29) is 11.6 Å². The molecule has 0 spiro atoms. The number of hydrogen-bond donors (Lipinski definition) is 0. The highest BCUT2D eigenvalue weighted by atomic mass is 19.4. The van der Waals surface area contributed by atoms with Gasteiger partial charge < -0.3 is 19.3 Å². The fourth-order valence-corrected chi connectivity index (χ4v) is 3.79. The van der Waals surface area contributed by atoms with Crippen LogP contribution in [0.2, 0.25) is 0 Å². The number of nitrogens with zero attached hydrogens (tertiary/aromatic N) is 2. The van der Waals surface area contributed by atoms with Gasteiger partial charge in [0.2, 0.25) is 0 Å². The van der Waals surface area contributed by atoms with Gasteiger partial charge >= 0.3 is 18.2 Å². The summed E-state index contributed by atoms with van der Waals surface area (Å²) in [5.41, 5.74) is -0.789. The van der Waals surface area contributed by atoms with Crippen molar-refractivity contribution in [3.63, 3.8) is 0 Å². The molecule has 1 aliphatic heterocycles. The lowest BCUT2D eigenvalue weighted by molar-refractivity contribution is -0.137. The Kier molecular flexibility index (Phi) is 7.49. The first-order valence-corrected chi connectivity index (χ1v) is 10.3. The number of hydrogen-bond acceptors (Lipinski definition) is 5. The molecule has 1 amide bonds. The molecular formula is C22H31F3N2O4.